The molecule has 47 heavy (non-hydrogen) atoms. The first-order valence-corrected chi connectivity index (χ1v) is 19.2. The van der Waals surface area contributed by atoms with Crippen LogP contribution >= 0.6 is 0 Å². The van der Waals surface area contributed by atoms with Gasteiger partial charge in [0.2, 0.25) is 10.0 Å². The van der Waals surface area contributed by atoms with E-state index in [1.807, 2.05) is 66.9 Å². The number of rotatable bonds is 10. The van der Waals surface area contributed by atoms with Gasteiger partial charge in [0.15, 0.2) is 9.84 Å². The van der Waals surface area contributed by atoms with Crippen molar-refractivity contribution in [2.45, 2.75) is 23.5 Å². The third kappa shape index (κ3) is 6.41. The maximum absolute atomic E-state index is 13.2. The second-order valence-electron chi connectivity index (χ2n) is 12.1. The third-order valence-corrected chi connectivity index (χ3v) is 11.8. The van der Waals surface area contributed by atoms with E-state index in [0.717, 1.165) is 64.5 Å². The molecule has 6 aromatic rings. The Morgan fingerprint density at radius 3 is 2.17 bits per heavy atom. The molecule has 1 N–H and O–H groups in total. The van der Waals surface area contributed by atoms with Gasteiger partial charge in [-0.25, -0.2) is 21.8 Å². The minimum absolute atomic E-state index is 0.122. The number of fused-ring (bicyclic) bond motifs is 3. The van der Waals surface area contributed by atoms with Crippen LogP contribution in [0.25, 0.3) is 44.2 Å². The summed E-state index contributed by atoms with van der Waals surface area (Å²) in [5.41, 5.74) is 6.62. The van der Waals surface area contributed by atoms with Gasteiger partial charge in [-0.05, 0) is 79.0 Å². The molecule has 4 aromatic carbocycles. The van der Waals surface area contributed by atoms with E-state index < -0.39 is 19.9 Å². The Balaban J connectivity index is 1.31. The van der Waals surface area contributed by atoms with Crippen molar-refractivity contribution in [3.8, 4) is 22.3 Å². The van der Waals surface area contributed by atoms with Gasteiger partial charge in [0, 0.05) is 46.7 Å². The van der Waals surface area contributed by atoms with Gasteiger partial charge in [0.25, 0.3) is 0 Å². The zero-order valence-corrected chi connectivity index (χ0v) is 27.8. The number of nitrogens with zero attached hydrogens (tertiary/aromatic N) is 3. The highest BCUT2D eigenvalue weighted by Crippen LogP contribution is 2.41. The number of pyridine rings is 1. The molecule has 240 valence electrons. The fourth-order valence-corrected chi connectivity index (χ4v) is 8.85. The predicted molar refractivity (Wildman–Crippen MR) is 190 cm³/mol. The molecular weight excluding hydrogens is 629 g/mol. The number of anilines is 1. The molecule has 7 rings (SSSR count). The lowest BCUT2D eigenvalue weighted by molar-refractivity contribution is 0.349. The summed E-state index contributed by atoms with van der Waals surface area (Å²) < 4.78 is 53.6. The van der Waals surface area contributed by atoms with E-state index >= 15 is 0 Å². The third-order valence-electron chi connectivity index (χ3n) is 8.89. The molecule has 3 heterocycles. The van der Waals surface area contributed by atoms with Gasteiger partial charge in [0.05, 0.1) is 22.6 Å². The van der Waals surface area contributed by atoms with Crippen molar-refractivity contribution in [1.82, 2.24) is 14.9 Å². The van der Waals surface area contributed by atoms with Crippen molar-refractivity contribution in [3.63, 3.8) is 0 Å². The molecule has 0 amide bonds. The monoisotopic (exact) mass is 664 g/mol. The van der Waals surface area contributed by atoms with Crippen LogP contribution in [0, 0.1) is 0 Å². The Bertz CT molecular complexity index is 2260. The highest BCUT2D eigenvalue weighted by atomic mass is 32.2. The van der Waals surface area contributed by atoms with E-state index in [-0.39, 0.29) is 5.75 Å². The van der Waals surface area contributed by atoms with Crippen molar-refractivity contribution in [1.29, 1.82) is 0 Å². The number of likely N-dealkylation sites (tertiary alicyclic amines) is 1. The largest absolute Gasteiger partial charge is 0.339 e. The molecule has 0 aliphatic carbocycles. The molecule has 8 nitrogen and oxygen atoms in total. The van der Waals surface area contributed by atoms with Gasteiger partial charge >= 0.3 is 0 Å². The molecule has 1 aliphatic heterocycles. The summed E-state index contributed by atoms with van der Waals surface area (Å²) >= 11 is 0. The smallest absolute Gasteiger partial charge is 0.232 e. The van der Waals surface area contributed by atoms with Gasteiger partial charge in [-0.15, -0.1) is 0 Å². The van der Waals surface area contributed by atoms with E-state index in [4.69, 9.17) is 4.98 Å². The van der Waals surface area contributed by atoms with Crippen LogP contribution in [0.3, 0.4) is 0 Å². The van der Waals surface area contributed by atoms with Crippen LogP contribution in [0.4, 0.5) is 5.69 Å². The summed E-state index contributed by atoms with van der Waals surface area (Å²) in [6.45, 7) is 3.11. The number of H-pyrrole nitrogens is 1. The molecule has 10 heteroatoms. The van der Waals surface area contributed by atoms with Crippen molar-refractivity contribution in [3.05, 3.63) is 115 Å². The van der Waals surface area contributed by atoms with E-state index in [0.29, 0.717) is 34.9 Å². The number of aromatic amines is 1. The number of hydrogen-bond acceptors (Lipinski definition) is 6. The number of sulfone groups is 1. The summed E-state index contributed by atoms with van der Waals surface area (Å²) in [5, 5.41) is 1.78. The van der Waals surface area contributed by atoms with Crippen LogP contribution in [0.5, 0.6) is 0 Å². The van der Waals surface area contributed by atoms with Crippen LogP contribution < -0.4 is 4.31 Å². The van der Waals surface area contributed by atoms with E-state index in [1.54, 1.807) is 30.3 Å². The number of nitrogens with one attached hydrogen (secondary N) is 1. The molecule has 0 radical (unpaired) electrons. The lowest BCUT2D eigenvalue weighted by Crippen LogP contribution is -2.37. The minimum Gasteiger partial charge on any atom is -0.339 e. The average molecular weight is 665 g/mol. The highest BCUT2D eigenvalue weighted by Gasteiger charge is 2.22. The molecule has 0 unspecified atom stereocenters. The van der Waals surface area contributed by atoms with Crippen LogP contribution in [-0.4, -0.2) is 64.1 Å². The Labute approximate surface area is 275 Å². The fourth-order valence-electron chi connectivity index (χ4n) is 6.58. The fraction of sp³-hybridized carbons (Fsp3) is 0.216. The van der Waals surface area contributed by atoms with Gasteiger partial charge in [-0.3, -0.25) is 4.31 Å². The Kier molecular flexibility index (Phi) is 8.34. The van der Waals surface area contributed by atoms with Gasteiger partial charge in [0.1, 0.15) is 5.65 Å². The van der Waals surface area contributed by atoms with Crippen LogP contribution in [0.2, 0.25) is 0 Å². The molecule has 0 atom stereocenters. The number of aromatic nitrogens is 2. The summed E-state index contributed by atoms with van der Waals surface area (Å²) in [4.78, 5) is 10.8. The van der Waals surface area contributed by atoms with Crippen molar-refractivity contribution < 1.29 is 16.8 Å². The van der Waals surface area contributed by atoms with Crippen molar-refractivity contribution in [2.75, 3.05) is 36.7 Å². The number of sulfonamides is 1. The van der Waals surface area contributed by atoms with Gasteiger partial charge in [-0.2, -0.15) is 0 Å². The summed E-state index contributed by atoms with van der Waals surface area (Å²) in [7, 11) is -7.01. The molecule has 0 saturated carbocycles. The standard InChI is InChI=1S/C37H36N4O4S2/c1-46(42,43)41(23-22-40-20-8-9-21-40)30-17-15-28(16-18-30)33-25-38-37-36(35(33)29-10-4-2-5-11-29)32-24-27(14-19-34(32)39-37)26-47(44,45)31-12-6-3-7-13-31/h2-7,10-19,24-25H,8-9,20-23,26H2,1H3,(H,38,39). The Morgan fingerprint density at radius 1 is 0.809 bits per heavy atom. The van der Waals surface area contributed by atoms with Crippen molar-refractivity contribution in [2.24, 2.45) is 0 Å². The first-order valence-electron chi connectivity index (χ1n) is 15.7. The number of benzene rings is 4. The van der Waals surface area contributed by atoms with Crippen molar-refractivity contribution >= 4 is 47.5 Å². The Morgan fingerprint density at radius 2 is 1.49 bits per heavy atom. The molecule has 1 aliphatic rings. The average Bonchev–Trinajstić information content (AvgIpc) is 3.73. The van der Waals surface area contributed by atoms with Crippen LogP contribution in [0.15, 0.2) is 114 Å². The normalized spacial score (nSPS) is 14.2. The first kappa shape index (κ1) is 31.1. The van der Waals surface area contributed by atoms with Crippen LogP contribution in [0.1, 0.15) is 18.4 Å². The number of hydrogen-bond donors (Lipinski definition) is 1. The summed E-state index contributed by atoms with van der Waals surface area (Å²) in [6.07, 6.45) is 5.41. The second kappa shape index (κ2) is 12.6. The quantitative estimate of drug-likeness (QED) is 0.171. The molecule has 0 bridgehead atoms. The molecule has 0 spiro atoms. The molecule has 2 aromatic heterocycles. The lowest BCUT2D eigenvalue weighted by Gasteiger charge is -2.25. The van der Waals surface area contributed by atoms with E-state index in [9.17, 15) is 16.8 Å². The predicted octanol–water partition coefficient (Wildman–Crippen LogP) is 6.89. The first-order chi connectivity index (χ1) is 22.7. The maximum atomic E-state index is 13.2. The molecule has 1 saturated heterocycles. The van der Waals surface area contributed by atoms with E-state index in [1.165, 1.54) is 10.6 Å². The minimum atomic E-state index is -3.54. The zero-order valence-electron chi connectivity index (χ0n) is 26.1. The van der Waals surface area contributed by atoms with Crippen LogP contribution in [-0.2, 0) is 25.6 Å². The maximum Gasteiger partial charge on any atom is 0.232 e. The Hall–Kier alpha value is -4.51. The van der Waals surface area contributed by atoms with Gasteiger partial charge in [-0.1, -0.05) is 66.7 Å². The molecule has 1 fully saturated rings. The second-order valence-corrected chi connectivity index (χ2v) is 16.0. The SMILES string of the molecule is CS(=O)(=O)N(CCN1CCCC1)c1ccc(-c2cnc3[nH]c4ccc(CS(=O)(=O)c5ccccc5)cc4c3c2-c2ccccc2)cc1. The van der Waals surface area contributed by atoms with Gasteiger partial charge < -0.3 is 9.88 Å². The summed E-state index contributed by atoms with van der Waals surface area (Å²) in [5.74, 6) is -0.122. The summed E-state index contributed by atoms with van der Waals surface area (Å²) in [6, 6.07) is 31.9. The molecular formula is C37H36N4O4S2. The lowest BCUT2D eigenvalue weighted by atomic mass is 9.92. The highest BCUT2D eigenvalue weighted by molar-refractivity contribution is 7.92. The zero-order chi connectivity index (χ0) is 32.6. The topological polar surface area (TPSA) is 103 Å². The van der Waals surface area contributed by atoms with E-state index in [2.05, 4.69) is 22.0 Å².